The van der Waals surface area contributed by atoms with Crippen molar-refractivity contribution in [3.05, 3.63) is 29.8 Å². The Kier molecular flexibility index (Phi) is 5.70. The number of carbonyl (C=O) groups is 1. The van der Waals surface area contributed by atoms with Crippen LogP contribution in [0.15, 0.2) is 24.3 Å². The molecule has 2 rings (SSSR count). The number of nitrogens with two attached hydrogens (primary N) is 1. The van der Waals surface area contributed by atoms with Gasteiger partial charge in [0.2, 0.25) is 5.91 Å². The lowest BCUT2D eigenvalue weighted by atomic mass is 9.96. The third-order valence-electron chi connectivity index (χ3n) is 3.98. The molecular formula is C16H23N3OS. The molecule has 0 aliphatic carbocycles. The van der Waals surface area contributed by atoms with E-state index in [9.17, 15) is 4.79 Å². The fraction of sp³-hybridized carbons (Fsp3) is 0.500. The van der Waals surface area contributed by atoms with Crippen LogP contribution in [-0.2, 0) is 4.79 Å². The highest BCUT2D eigenvalue weighted by Crippen LogP contribution is 2.19. The van der Waals surface area contributed by atoms with Crippen LogP contribution >= 0.6 is 12.2 Å². The van der Waals surface area contributed by atoms with Crippen LogP contribution in [0, 0.1) is 5.92 Å². The maximum atomic E-state index is 12.1. The standard InChI is InChI=1S/C16H23N3OS/c1-2-12-5-4-8-19(10-12)11-15(20)18-14-7-3-6-13(9-14)16(17)21/h3,6-7,9,12H,2,4-5,8,10-11H2,1H3,(H2,17,21)(H,18,20). The van der Waals surface area contributed by atoms with Crippen LogP contribution in [-0.4, -0.2) is 35.4 Å². The van der Waals surface area contributed by atoms with Crippen molar-refractivity contribution in [2.75, 3.05) is 25.0 Å². The number of hydrogen-bond donors (Lipinski definition) is 2. The normalized spacial score (nSPS) is 19.2. The first-order valence-corrected chi connectivity index (χ1v) is 7.91. The molecule has 1 heterocycles. The molecule has 1 fully saturated rings. The fourth-order valence-electron chi connectivity index (χ4n) is 2.78. The lowest BCUT2D eigenvalue weighted by Crippen LogP contribution is -2.40. The maximum Gasteiger partial charge on any atom is 0.238 e. The third-order valence-corrected chi connectivity index (χ3v) is 4.21. The van der Waals surface area contributed by atoms with E-state index in [-0.39, 0.29) is 5.91 Å². The highest BCUT2D eigenvalue weighted by atomic mass is 32.1. The molecule has 0 saturated carbocycles. The largest absolute Gasteiger partial charge is 0.389 e. The van der Waals surface area contributed by atoms with Gasteiger partial charge in [0.05, 0.1) is 6.54 Å². The third kappa shape index (κ3) is 4.79. The van der Waals surface area contributed by atoms with Gasteiger partial charge in [-0.05, 0) is 37.4 Å². The second kappa shape index (κ2) is 7.52. The zero-order valence-corrected chi connectivity index (χ0v) is 13.3. The molecule has 1 atom stereocenters. The minimum absolute atomic E-state index is 0.0202. The summed E-state index contributed by atoms with van der Waals surface area (Å²) in [6.45, 7) is 4.71. The molecule has 1 unspecified atom stereocenters. The van der Waals surface area contributed by atoms with Gasteiger partial charge in [0.15, 0.2) is 0 Å². The Labute approximate surface area is 131 Å². The summed E-state index contributed by atoms with van der Waals surface area (Å²) < 4.78 is 0. The lowest BCUT2D eigenvalue weighted by Gasteiger charge is -2.31. The topological polar surface area (TPSA) is 58.4 Å². The Morgan fingerprint density at radius 1 is 1.52 bits per heavy atom. The van der Waals surface area contributed by atoms with E-state index in [1.165, 1.54) is 19.3 Å². The van der Waals surface area contributed by atoms with Crippen molar-refractivity contribution in [3.8, 4) is 0 Å². The molecule has 1 aliphatic heterocycles. The zero-order chi connectivity index (χ0) is 15.2. The van der Waals surface area contributed by atoms with Crippen LogP contribution in [0.1, 0.15) is 31.7 Å². The van der Waals surface area contributed by atoms with Gasteiger partial charge in [0.25, 0.3) is 0 Å². The molecule has 0 bridgehead atoms. The van der Waals surface area contributed by atoms with Crippen LogP contribution in [0.4, 0.5) is 5.69 Å². The summed E-state index contributed by atoms with van der Waals surface area (Å²) in [5.74, 6) is 0.747. The van der Waals surface area contributed by atoms with Gasteiger partial charge in [0, 0.05) is 17.8 Å². The first-order chi connectivity index (χ1) is 10.1. The molecule has 4 nitrogen and oxygen atoms in total. The second-order valence-electron chi connectivity index (χ2n) is 5.64. The van der Waals surface area contributed by atoms with Crippen LogP contribution in [0.25, 0.3) is 0 Å². The van der Waals surface area contributed by atoms with Gasteiger partial charge in [-0.25, -0.2) is 0 Å². The molecule has 3 N–H and O–H groups in total. The van der Waals surface area contributed by atoms with E-state index in [1.807, 2.05) is 24.3 Å². The van der Waals surface area contributed by atoms with Crippen LogP contribution in [0.5, 0.6) is 0 Å². The van der Waals surface area contributed by atoms with E-state index in [2.05, 4.69) is 17.1 Å². The van der Waals surface area contributed by atoms with E-state index < -0.39 is 0 Å². The summed E-state index contributed by atoms with van der Waals surface area (Å²) in [5.41, 5.74) is 7.12. The Morgan fingerprint density at radius 2 is 2.33 bits per heavy atom. The molecule has 0 spiro atoms. The van der Waals surface area contributed by atoms with Gasteiger partial charge in [-0.1, -0.05) is 37.7 Å². The zero-order valence-electron chi connectivity index (χ0n) is 12.5. The van der Waals surface area contributed by atoms with Crippen molar-refractivity contribution in [3.63, 3.8) is 0 Å². The highest BCUT2D eigenvalue weighted by Gasteiger charge is 2.20. The van der Waals surface area contributed by atoms with Crippen molar-refractivity contribution in [1.29, 1.82) is 0 Å². The van der Waals surface area contributed by atoms with Crippen LogP contribution < -0.4 is 11.1 Å². The van der Waals surface area contributed by atoms with Gasteiger partial charge in [0.1, 0.15) is 4.99 Å². The number of nitrogens with zero attached hydrogens (tertiary/aromatic N) is 1. The maximum absolute atomic E-state index is 12.1. The van der Waals surface area contributed by atoms with Crippen LogP contribution in [0.3, 0.4) is 0 Å². The summed E-state index contributed by atoms with van der Waals surface area (Å²) >= 11 is 4.95. The Morgan fingerprint density at radius 3 is 3.05 bits per heavy atom. The van der Waals surface area contributed by atoms with Gasteiger partial charge in [-0.3, -0.25) is 9.69 Å². The van der Waals surface area contributed by atoms with E-state index in [4.69, 9.17) is 18.0 Å². The number of amides is 1. The van der Waals surface area contributed by atoms with Gasteiger partial charge in [-0.15, -0.1) is 0 Å². The molecule has 21 heavy (non-hydrogen) atoms. The first kappa shape index (κ1) is 15.9. The predicted octanol–water partition coefficient (Wildman–Crippen LogP) is 2.38. The lowest BCUT2D eigenvalue weighted by molar-refractivity contribution is -0.117. The number of carbonyl (C=O) groups excluding carboxylic acids is 1. The van der Waals surface area contributed by atoms with E-state index in [0.717, 1.165) is 30.3 Å². The number of thiocarbonyl (C=S) groups is 1. The summed E-state index contributed by atoms with van der Waals surface area (Å²) in [7, 11) is 0. The number of benzene rings is 1. The van der Waals surface area contributed by atoms with Crippen molar-refractivity contribution >= 4 is 28.8 Å². The monoisotopic (exact) mass is 305 g/mol. The molecule has 114 valence electrons. The fourth-order valence-corrected chi connectivity index (χ4v) is 2.91. The number of rotatable bonds is 5. The Bertz CT molecular complexity index is 518. The number of nitrogens with one attached hydrogen (secondary N) is 1. The quantitative estimate of drug-likeness (QED) is 0.820. The minimum Gasteiger partial charge on any atom is -0.389 e. The average Bonchev–Trinajstić information content (AvgIpc) is 2.47. The average molecular weight is 305 g/mol. The number of anilines is 1. The smallest absolute Gasteiger partial charge is 0.238 e. The molecule has 0 radical (unpaired) electrons. The molecule has 0 aromatic heterocycles. The van der Waals surface area contributed by atoms with Crippen LogP contribution in [0.2, 0.25) is 0 Å². The molecule has 1 aromatic carbocycles. The first-order valence-electron chi connectivity index (χ1n) is 7.50. The van der Waals surface area contributed by atoms with Gasteiger partial charge < -0.3 is 11.1 Å². The van der Waals surface area contributed by atoms with Gasteiger partial charge in [-0.2, -0.15) is 0 Å². The molecule has 1 aliphatic rings. The number of likely N-dealkylation sites (tertiary alicyclic amines) is 1. The summed E-state index contributed by atoms with van der Waals surface area (Å²) in [5, 5.41) is 2.92. The number of piperidine rings is 1. The van der Waals surface area contributed by atoms with E-state index in [0.29, 0.717) is 11.5 Å². The Hall–Kier alpha value is -1.46. The molecule has 1 aromatic rings. The van der Waals surface area contributed by atoms with E-state index >= 15 is 0 Å². The molecule has 1 amide bonds. The van der Waals surface area contributed by atoms with Crippen molar-refractivity contribution in [2.24, 2.45) is 11.7 Å². The molecule has 5 heteroatoms. The summed E-state index contributed by atoms with van der Waals surface area (Å²) in [4.78, 5) is 14.7. The summed E-state index contributed by atoms with van der Waals surface area (Å²) in [6, 6.07) is 7.35. The second-order valence-corrected chi connectivity index (χ2v) is 6.08. The van der Waals surface area contributed by atoms with Gasteiger partial charge >= 0.3 is 0 Å². The molecule has 1 saturated heterocycles. The van der Waals surface area contributed by atoms with Crippen molar-refractivity contribution in [2.45, 2.75) is 26.2 Å². The Balaban J connectivity index is 1.89. The SMILES string of the molecule is CCC1CCCN(CC(=O)Nc2cccc(C(N)=S)c2)C1. The van der Waals surface area contributed by atoms with E-state index in [1.54, 1.807) is 0 Å². The predicted molar refractivity (Wildman–Crippen MR) is 90.4 cm³/mol. The highest BCUT2D eigenvalue weighted by molar-refractivity contribution is 7.80. The minimum atomic E-state index is 0.0202. The number of hydrogen-bond acceptors (Lipinski definition) is 3. The van der Waals surface area contributed by atoms with Crippen molar-refractivity contribution in [1.82, 2.24) is 4.90 Å². The summed E-state index contributed by atoms with van der Waals surface area (Å²) in [6.07, 6.45) is 3.65. The molecular weight excluding hydrogens is 282 g/mol. The van der Waals surface area contributed by atoms with Crippen molar-refractivity contribution < 1.29 is 4.79 Å².